The standard InChI is InChI=1S/C16H12N2O4/c19-15(20)11-7-4-8-18-12(9-10-5-2-1-3-6-10)17-13(14(11)18)16(21)22/h1-8H,9H2,(H,19,20)(H,21,22). The number of hydrogen-bond acceptors (Lipinski definition) is 3. The molecule has 1 aromatic carbocycles. The molecule has 2 N–H and O–H groups in total. The number of imidazole rings is 1. The number of carboxylic acid groups (broad SMARTS) is 2. The van der Waals surface area contributed by atoms with Gasteiger partial charge < -0.3 is 14.6 Å². The van der Waals surface area contributed by atoms with E-state index in [2.05, 4.69) is 4.98 Å². The minimum absolute atomic E-state index is 0.0771. The molecule has 0 bridgehead atoms. The first-order valence-corrected chi connectivity index (χ1v) is 6.58. The molecule has 0 spiro atoms. The quantitative estimate of drug-likeness (QED) is 0.771. The average molecular weight is 296 g/mol. The van der Waals surface area contributed by atoms with Gasteiger partial charge in [-0.1, -0.05) is 30.3 Å². The summed E-state index contributed by atoms with van der Waals surface area (Å²) in [5, 5.41) is 18.6. The van der Waals surface area contributed by atoms with E-state index >= 15 is 0 Å². The van der Waals surface area contributed by atoms with Crippen LogP contribution in [0, 0.1) is 0 Å². The third-order valence-corrected chi connectivity index (χ3v) is 3.38. The Balaban J connectivity index is 2.22. The van der Waals surface area contributed by atoms with Gasteiger partial charge in [-0.15, -0.1) is 0 Å². The van der Waals surface area contributed by atoms with Crippen molar-refractivity contribution in [1.29, 1.82) is 0 Å². The van der Waals surface area contributed by atoms with Crippen LogP contribution in [-0.2, 0) is 6.42 Å². The SMILES string of the molecule is O=C(O)c1cccn2c(Cc3ccccc3)nc(C(=O)O)c12. The molecule has 3 rings (SSSR count). The number of aromatic carboxylic acids is 2. The van der Waals surface area contributed by atoms with E-state index in [1.165, 1.54) is 10.5 Å². The number of benzene rings is 1. The van der Waals surface area contributed by atoms with Crippen molar-refractivity contribution in [3.8, 4) is 0 Å². The van der Waals surface area contributed by atoms with Gasteiger partial charge in [-0.05, 0) is 17.7 Å². The summed E-state index contributed by atoms with van der Waals surface area (Å²) in [7, 11) is 0. The van der Waals surface area contributed by atoms with E-state index in [9.17, 15) is 19.8 Å². The van der Waals surface area contributed by atoms with Crippen LogP contribution in [0.4, 0.5) is 0 Å². The number of carbonyl (C=O) groups is 2. The summed E-state index contributed by atoms with van der Waals surface area (Å²) in [6, 6.07) is 12.4. The summed E-state index contributed by atoms with van der Waals surface area (Å²) in [5.41, 5.74) is 0.746. The molecule has 2 aromatic heterocycles. The van der Waals surface area contributed by atoms with E-state index in [-0.39, 0.29) is 16.8 Å². The molecule has 0 saturated carbocycles. The molecule has 0 atom stereocenters. The van der Waals surface area contributed by atoms with Crippen LogP contribution >= 0.6 is 0 Å². The minimum Gasteiger partial charge on any atom is -0.478 e. The predicted molar refractivity (Wildman–Crippen MR) is 78.4 cm³/mol. The van der Waals surface area contributed by atoms with Crippen LogP contribution in [0.5, 0.6) is 0 Å². The molecule has 0 aliphatic heterocycles. The highest BCUT2D eigenvalue weighted by Gasteiger charge is 2.22. The largest absolute Gasteiger partial charge is 0.478 e. The Morgan fingerprint density at radius 1 is 1.00 bits per heavy atom. The van der Waals surface area contributed by atoms with Gasteiger partial charge in [-0.3, -0.25) is 0 Å². The minimum atomic E-state index is -1.24. The van der Waals surface area contributed by atoms with E-state index in [1.807, 2.05) is 30.3 Å². The Kier molecular flexibility index (Phi) is 3.34. The second kappa shape index (κ2) is 5.33. The molecule has 0 aliphatic rings. The molecule has 0 unspecified atom stereocenters. The molecular weight excluding hydrogens is 284 g/mol. The van der Waals surface area contributed by atoms with Crippen molar-refractivity contribution in [2.24, 2.45) is 0 Å². The number of rotatable bonds is 4. The number of fused-ring (bicyclic) bond motifs is 1. The number of nitrogens with zero attached hydrogens (tertiary/aromatic N) is 2. The van der Waals surface area contributed by atoms with Gasteiger partial charge >= 0.3 is 11.9 Å². The van der Waals surface area contributed by atoms with Gasteiger partial charge in [-0.25, -0.2) is 14.6 Å². The van der Waals surface area contributed by atoms with Crippen LogP contribution in [0.25, 0.3) is 5.52 Å². The topological polar surface area (TPSA) is 91.9 Å². The monoisotopic (exact) mass is 296 g/mol. The second-order valence-electron chi connectivity index (χ2n) is 4.79. The Morgan fingerprint density at radius 3 is 2.36 bits per heavy atom. The molecule has 6 heteroatoms. The fourth-order valence-corrected chi connectivity index (χ4v) is 2.43. The van der Waals surface area contributed by atoms with E-state index in [1.54, 1.807) is 12.3 Å². The van der Waals surface area contributed by atoms with Crippen LogP contribution in [0.1, 0.15) is 32.2 Å². The van der Waals surface area contributed by atoms with Gasteiger partial charge in [0.15, 0.2) is 5.69 Å². The second-order valence-corrected chi connectivity index (χ2v) is 4.79. The third kappa shape index (κ3) is 2.31. The zero-order chi connectivity index (χ0) is 15.7. The van der Waals surface area contributed by atoms with E-state index in [4.69, 9.17) is 0 Å². The number of carboxylic acids is 2. The van der Waals surface area contributed by atoms with Gasteiger partial charge in [0.1, 0.15) is 5.82 Å². The Labute approximate surface area is 125 Å². The van der Waals surface area contributed by atoms with Crippen molar-refractivity contribution in [2.75, 3.05) is 0 Å². The predicted octanol–water partition coefficient (Wildman–Crippen LogP) is 2.32. The molecule has 0 fully saturated rings. The summed E-state index contributed by atoms with van der Waals surface area (Å²) in [4.78, 5) is 26.8. The van der Waals surface area contributed by atoms with Crippen molar-refractivity contribution >= 4 is 17.5 Å². The lowest BCUT2D eigenvalue weighted by Crippen LogP contribution is -2.04. The van der Waals surface area contributed by atoms with E-state index in [0.717, 1.165) is 5.56 Å². The highest BCUT2D eigenvalue weighted by atomic mass is 16.4. The average Bonchev–Trinajstić information content (AvgIpc) is 2.87. The van der Waals surface area contributed by atoms with Crippen molar-refractivity contribution < 1.29 is 19.8 Å². The fourth-order valence-electron chi connectivity index (χ4n) is 2.43. The normalized spacial score (nSPS) is 10.7. The van der Waals surface area contributed by atoms with Gasteiger partial charge in [0.05, 0.1) is 11.1 Å². The molecular formula is C16H12N2O4. The van der Waals surface area contributed by atoms with Gasteiger partial charge in [0, 0.05) is 12.6 Å². The van der Waals surface area contributed by atoms with Crippen LogP contribution in [0.3, 0.4) is 0 Å². The third-order valence-electron chi connectivity index (χ3n) is 3.38. The number of aromatic nitrogens is 2. The summed E-state index contributed by atoms with van der Waals surface area (Å²) in [6.07, 6.45) is 2.04. The number of pyridine rings is 1. The Morgan fingerprint density at radius 2 is 1.73 bits per heavy atom. The highest BCUT2D eigenvalue weighted by molar-refractivity contribution is 6.03. The summed E-state index contributed by atoms with van der Waals surface area (Å²) in [5.74, 6) is -1.94. The molecule has 0 saturated heterocycles. The molecule has 110 valence electrons. The van der Waals surface area contributed by atoms with Crippen LogP contribution in [0.15, 0.2) is 48.7 Å². The van der Waals surface area contributed by atoms with Crippen LogP contribution < -0.4 is 0 Å². The van der Waals surface area contributed by atoms with E-state index in [0.29, 0.717) is 12.2 Å². The van der Waals surface area contributed by atoms with Gasteiger partial charge in [0.25, 0.3) is 0 Å². The first-order valence-electron chi connectivity index (χ1n) is 6.58. The molecule has 22 heavy (non-hydrogen) atoms. The summed E-state index contributed by atoms with van der Waals surface area (Å²) >= 11 is 0. The first-order chi connectivity index (χ1) is 10.6. The summed E-state index contributed by atoms with van der Waals surface area (Å²) < 4.78 is 1.53. The zero-order valence-electron chi connectivity index (χ0n) is 11.4. The maximum atomic E-state index is 11.4. The fraction of sp³-hybridized carbons (Fsp3) is 0.0625. The molecule has 2 heterocycles. The van der Waals surface area contributed by atoms with Crippen molar-refractivity contribution in [1.82, 2.24) is 9.38 Å². The summed E-state index contributed by atoms with van der Waals surface area (Å²) in [6.45, 7) is 0. The van der Waals surface area contributed by atoms with Crippen LogP contribution in [-0.4, -0.2) is 31.5 Å². The van der Waals surface area contributed by atoms with E-state index < -0.39 is 11.9 Å². The Hall–Kier alpha value is -3.15. The molecule has 6 nitrogen and oxygen atoms in total. The lowest BCUT2D eigenvalue weighted by molar-refractivity contribution is 0.0691. The Bertz CT molecular complexity index is 868. The van der Waals surface area contributed by atoms with Crippen molar-refractivity contribution in [3.05, 3.63) is 71.3 Å². The molecule has 0 radical (unpaired) electrons. The highest BCUT2D eigenvalue weighted by Crippen LogP contribution is 2.20. The molecule has 0 aliphatic carbocycles. The van der Waals surface area contributed by atoms with Crippen molar-refractivity contribution in [3.63, 3.8) is 0 Å². The number of hydrogen-bond donors (Lipinski definition) is 2. The lowest BCUT2D eigenvalue weighted by Gasteiger charge is -2.03. The maximum absolute atomic E-state index is 11.4. The molecule has 0 amide bonds. The smallest absolute Gasteiger partial charge is 0.356 e. The van der Waals surface area contributed by atoms with Gasteiger partial charge in [-0.2, -0.15) is 0 Å². The first kappa shape index (κ1) is 13.8. The molecule has 3 aromatic rings. The lowest BCUT2D eigenvalue weighted by atomic mass is 10.1. The zero-order valence-corrected chi connectivity index (χ0v) is 11.4. The maximum Gasteiger partial charge on any atom is 0.356 e. The van der Waals surface area contributed by atoms with Gasteiger partial charge in [0.2, 0.25) is 0 Å². The van der Waals surface area contributed by atoms with Crippen molar-refractivity contribution in [2.45, 2.75) is 6.42 Å². The van der Waals surface area contributed by atoms with Crippen LogP contribution in [0.2, 0.25) is 0 Å².